The van der Waals surface area contributed by atoms with Crippen molar-refractivity contribution in [1.29, 1.82) is 0 Å². The summed E-state index contributed by atoms with van der Waals surface area (Å²) < 4.78 is 40.1. The highest BCUT2D eigenvalue weighted by Crippen LogP contribution is 2.27. The molecule has 2 aromatic heterocycles. The van der Waals surface area contributed by atoms with Gasteiger partial charge < -0.3 is 4.57 Å². The zero-order valence-electron chi connectivity index (χ0n) is 13.8. The van der Waals surface area contributed by atoms with Crippen molar-refractivity contribution in [2.24, 2.45) is 0 Å². The maximum Gasteiger partial charge on any atom is 0.435 e. The zero-order chi connectivity index (χ0) is 19.4. The Balaban J connectivity index is 1.61. The van der Waals surface area contributed by atoms with Gasteiger partial charge in [-0.15, -0.1) is 0 Å². The van der Waals surface area contributed by atoms with Gasteiger partial charge >= 0.3 is 6.18 Å². The van der Waals surface area contributed by atoms with Crippen molar-refractivity contribution in [1.82, 2.24) is 25.2 Å². The molecular formula is C17H14F3N5O2. The second kappa shape index (κ2) is 7.36. The molecule has 0 unspecified atom stereocenters. The highest BCUT2D eigenvalue weighted by atomic mass is 19.4. The number of benzene rings is 1. The molecule has 27 heavy (non-hydrogen) atoms. The summed E-state index contributed by atoms with van der Waals surface area (Å²) in [6.45, 7) is -0.477. The molecule has 0 radical (unpaired) electrons. The van der Waals surface area contributed by atoms with Gasteiger partial charge in [-0.2, -0.15) is 18.3 Å². The number of hydrogen-bond acceptors (Lipinski definition) is 3. The Morgan fingerprint density at radius 3 is 2.33 bits per heavy atom. The molecule has 0 aliphatic heterocycles. The molecule has 3 rings (SSSR count). The van der Waals surface area contributed by atoms with Crippen LogP contribution in [0, 0.1) is 0 Å². The zero-order valence-corrected chi connectivity index (χ0v) is 13.8. The van der Waals surface area contributed by atoms with Gasteiger partial charge in [0.2, 0.25) is 0 Å². The predicted molar refractivity (Wildman–Crippen MR) is 88.6 cm³/mol. The molecule has 0 fully saturated rings. The first-order chi connectivity index (χ1) is 12.8. The minimum Gasteiger partial charge on any atom is -0.323 e. The molecule has 0 spiro atoms. The molecule has 0 atom stereocenters. The summed E-state index contributed by atoms with van der Waals surface area (Å²) in [4.78, 5) is 24.2. The lowest BCUT2D eigenvalue weighted by Gasteiger charge is -2.12. The van der Waals surface area contributed by atoms with Gasteiger partial charge in [0.15, 0.2) is 5.69 Å². The molecule has 10 heteroatoms. The van der Waals surface area contributed by atoms with Gasteiger partial charge in [-0.1, -0.05) is 12.1 Å². The van der Waals surface area contributed by atoms with Crippen molar-refractivity contribution < 1.29 is 22.8 Å². The van der Waals surface area contributed by atoms with E-state index < -0.39 is 30.2 Å². The maximum atomic E-state index is 12.5. The molecular weight excluding hydrogens is 363 g/mol. The lowest BCUT2D eigenvalue weighted by Crippen LogP contribution is -2.43. The smallest absolute Gasteiger partial charge is 0.323 e. The number of alkyl halides is 3. The third-order valence-electron chi connectivity index (χ3n) is 3.58. The first-order valence-corrected chi connectivity index (χ1v) is 7.77. The molecule has 1 aromatic carbocycles. The molecule has 2 N–H and O–H groups in total. The van der Waals surface area contributed by atoms with E-state index in [9.17, 15) is 22.8 Å². The van der Waals surface area contributed by atoms with Crippen LogP contribution in [0.4, 0.5) is 13.2 Å². The van der Waals surface area contributed by atoms with Crippen LogP contribution in [0.1, 0.15) is 16.1 Å². The van der Waals surface area contributed by atoms with Crippen LogP contribution in [0.3, 0.4) is 0 Å². The molecule has 2 heterocycles. The number of carbonyl (C=O) groups is 2. The van der Waals surface area contributed by atoms with E-state index in [0.29, 0.717) is 11.3 Å². The van der Waals surface area contributed by atoms with Crippen LogP contribution < -0.4 is 10.9 Å². The van der Waals surface area contributed by atoms with Gasteiger partial charge in [0.1, 0.15) is 6.54 Å². The van der Waals surface area contributed by atoms with Crippen molar-refractivity contribution in [3.8, 4) is 5.69 Å². The number of para-hydroxylation sites is 1. The molecule has 3 aromatic rings. The third kappa shape index (κ3) is 4.35. The van der Waals surface area contributed by atoms with Gasteiger partial charge in [-0.05, 0) is 30.3 Å². The van der Waals surface area contributed by atoms with E-state index in [1.54, 1.807) is 53.4 Å². The number of hydrogen-bond donors (Lipinski definition) is 2. The van der Waals surface area contributed by atoms with Gasteiger partial charge in [-0.3, -0.25) is 25.1 Å². The Hall–Kier alpha value is -3.56. The third-order valence-corrected chi connectivity index (χ3v) is 3.58. The fourth-order valence-electron chi connectivity index (χ4n) is 2.37. The van der Waals surface area contributed by atoms with Crippen molar-refractivity contribution in [3.05, 3.63) is 72.3 Å². The number of halogens is 3. The van der Waals surface area contributed by atoms with Gasteiger partial charge in [0.25, 0.3) is 11.8 Å². The van der Waals surface area contributed by atoms with Crippen LogP contribution in [0.2, 0.25) is 0 Å². The predicted octanol–water partition coefficient (Wildman–Crippen LogP) is 2.15. The highest BCUT2D eigenvalue weighted by molar-refractivity contribution is 5.98. The molecule has 0 saturated heterocycles. The number of hydrazine groups is 1. The number of aromatic nitrogens is 3. The van der Waals surface area contributed by atoms with Crippen molar-refractivity contribution >= 4 is 11.8 Å². The summed E-state index contributed by atoms with van der Waals surface area (Å²) in [5.41, 5.74) is 4.23. The SMILES string of the molecule is O=C(Cn1ccc(C(F)(F)F)n1)NNC(=O)c1ccccc1-n1cccc1. The van der Waals surface area contributed by atoms with Crippen molar-refractivity contribution in [3.63, 3.8) is 0 Å². The standard InChI is InChI=1S/C17H14F3N5O2/c18-17(19,20)14-7-10-25(23-14)11-15(26)21-22-16(27)12-5-1-2-6-13(12)24-8-3-4-9-24/h1-10H,11H2,(H,21,26)(H,22,27). The summed E-state index contributed by atoms with van der Waals surface area (Å²) in [7, 11) is 0. The van der Waals surface area contributed by atoms with E-state index in [4.69, 9.17) is 0 Å². The second-order valence-electron chi connectivity index (χ2n) is 5.51. The Labute approximate surface area is 151 Å². The molecule has 0 aliphatic carbocycles. The van der Waals surface area contributed by atoms with E-state index in [1.165, 1.54) is 0 Å². The lowest BCUT2D eigenvalue weighted by atomic mass is 10.1. The number of amides is 2. The maximum absolute atomic E-state index is 12.5. The molecule has 2 amide bonds. The molecule has 0 bridgehead atoms. The molecule has 0 saturated carbocycles. The van der Waals surface area contributed by atoms with Crippen LogP contribution in [0.25, 0.3) is 5.69 Å². The van der Waals surface area contributed by atoms with Crippen molar-refractivity contribution in [2.75, 3.05) is 0 Å². The molecule has 140 valence electrons. The van der Waals surface area contributed by atoms with Crippen LogP contribution >= 0.6 is 0 Å². The number of carbonyl (C=O) groups excluding carboxylic acids is 2. The lowest BCUT2D eigenvalue weighted by molar-refractivity contribution is -0.141. The summed E-state index contributed by atoms with van der Waals surface area (Å²) in [6, 6.07) is 11.1. The van der Waals surface area contributed by atoms with Gasteiger partial charge in [0, 0.05) is 18.6 Å². The summed E-state index contributed by atoms with van der Waals surface area (Å²) in [5, 5.41) is 3.27. The Morgan fingerprint density at radius 2 is 1.67 bits per heavy atom. The fraction of sp³-hybridized carbons (Fsp3) is 0.118. The molecule has 7 nitrogen and oxygen atoms in total. The Kier molecular flexibility index (Phi) is 4.97. The number of rotatable bonds is 4. The van der Waals surface area contributed by atoms with Gasteiger partial charge in [0.05, 0.1) is 11.3 Å². The van der Waals surface area contributed by atoms with E-state index in [2.05, 4.69) is 16.0 Å². The van der Waals surface area contributed by atoms with E-state index in [1.807, 2.05) is 0 Å². The van der Waals surface area contributed by atoms with E-state index in [0.717, 1.165) is 16.9 Å². The summed E-state index contributed by atoms with van der Waals surface area (Å²) in [6.07, 6.45) is -0.0228. The van der Waals surface area contributed by atoms with Crippen molar-refractivity contribution in [2.45, 2.75) is 12.7 Å². The molecule has 0 aliphatic rings. The average molecular weight is 377 g/mol. The van der Waals surface area contributed by atoms with Crippen LogP contribution in [-0.2, 0) is 17.5 Å². The largest absolute Gasteiger partial charge is 0.435 e. The Morgan fingerprint density at radius 1 is 0.963 bits per heavy atom. The summed E-state index contributed by atoms with van der Waals surface area (Å²) in [5.74, 6) is -1.29. The van der Waals surface area contributed by atoms with Crippen LogP contribution in [-0.4, -0.2) is 26.2 Å². The first-order valence-electron chi connectivity index (χ1n) is 7.77. The highest BCUT2D eigenvalue weighted by Gasteiger charge is 2.33. The quantitative estimate of drug-likeness (QED) is 0.684. The summed E-state index contributed by atoms with van der Waals surface area (Å²) >= 11 is 0. The average Bonchev–Trinajstić information content (AvgIpc) is 3.31. The number of nitrogens with zero attached hydrogens (tertiary/aromatic N) is 3. The normalized spacial score (nSPS) is 11.2. The Bertz CT molecular complexity index is 948. The minimum atomic E-state index is -4.59. The van der Waals surface area contributed by atoms with Crippen LogP contribution in [0.15, 0.2) is 61.1 Å². The fourth-order valence-corrected chi connectivity index (χ4v) is 2.37. The van der Waals surface area contributed by atoms with E-state index >= 15 is 0 Å². The topological polar surface area (TPSA) is 81.0 Å². The minimum absolute atomic E-state index is 0.312. The monoisotopic (exact) mass is 377 g/mol. The second-order valence-corrected chi connectivity index (χ2v) is 5.51. The van der Waals surface area contributed by atoms with E-state index in [-0.39, 0.29) is 0 Å². The van der Waals surface area contributed by atoms with Gasteiger partial charge in [-0.25, -0.2) is 0 Å². The first kappa shape index (κ1) is 18.2. The van der Waals surface area contributed by atoms with Crippen LogP contribution in [0.5, 0.6) is 0 Å². The number of nitrogens with one attached hydrogen (secondary N) is 2.